The van der Waals surface area contributed by atoms with E-state index in [0.29, 0.717) is 5.56 Å². The SMILES string of the molecule is CC(=O)Cc1cccc(S(=O)(=O)c2ccccc2)c1. The highest BCUT2D eigenvalue weighted by Gasteiger charge is 2.17. The molecule has 2 aromatic carbocycles. The number of hydrogen-bond donors (Lipinski definition) is 0. The highest BCUT2D eigenvalue weighted by atomic mass is 32.2. The molecule has 0 radical (unpaired) electrons. The number of carbonyl (C=O) groups excluding carboxylic acids is 1. The van der Waals surface area contributed by atoms with Crippen molar-refractivity contribution >= 4 is 15.6 Å². The van der Waals surface area contributed by atoms with Crippen LogP contribution in [-0.2, 0) is 21.1 Å². The topological polar surface area (TPSA) is 51.2 Å². The molecule has 0 saturated carbocycles. The van der Waals surface area contributed by atoms with Gasteiger partial charge in [-0.3, -0.25) is 4.79 Å². The zero-order valence-electron chi connectivity index (χ0n) is 10.5. The molecule has 0 atom stereocenters. The number of Topliss-reactive ketones (excluding diaryl/α,β-unsaturated/α-hetero) is 1. The Bertz CT molecular complexity index is 688. The minimum atomic E-state index is -3.51. The fourth-order valence-corrected chi connectivity index (χ4v) is 3.20. The molecule has 0 amide bonds. The van der Waals surface area contributed by atoms with E-state index in [1.165, 1.54) is 6.92 Å². The molecular formula is C15H14O3S. The first-order valence-corrected chi connectivity index (χ1v) is 7.37. The molecule has 0 fully saturated rings. The van der Waals surface area contributed by atoms with Crippen molar-refractivity contribution in [2.24, 2.45) is 0 Å². The van der Waals surface area contributed by atoms with E-state index in [-0.39, 0.29) is 22.0 Å². The van der Waals surface area contributed by atoms with Gasteiger partial charge in [-0.05, 0) is 36.8 Å². The van der Waals surface area contributed by atoms with Crippen molar-refractivity contribution in [1.82, 2.24) is 0 Å². The zero-order chi connectivity index (χ0) is 13.9. The fourth-order valence-electron chi connectivity index (χ4n) is 1.85. The molecule has 0 bridgehead atoms. The van der Waals surface area contributed by atoms with Crippen LogP contribution in [0.25, 0.3) is 0 Å². The van der Waals surface area contributed by atoms with E-state index in [4.69, 9.17) is 0 Å². The van der Waals surface area contributed by atoms with Gasteiger partial charge in [0, 0.05) is 6.42 Å². The Morgan fingerprint density at radius 2 is 1.58 bits per heavy atom. The maximum absolute atomic E-state index is 12.4. The molecule has 19 heavy (non-hydrogen) atoms. The molecule has 0 aliphatic heterocycles. The van der Waals surface area contributed by atoms with E-state index in [1.54, 1.807) is 54.6 Å². The third kappa shape index (κ3) is 3.09. The average molecular weight is 274 g/mol. The number of hydrogen-bond acceptors (Lipinski definition) is 3. The van der Waals surface area contributed by atoms with Gasteiger partial charge >= 0.3 is 0 Å². The van der Waals surface area contributed by atoms with Gasteiger partial charge in [0.2, 0.25) is 9.84 Å². The Kier molecular flexibility index (Phi) is 3.81. The van der Waals surface area contributed by atoms with Crippen LogP contribution in [0, 0.1) is 0 Å². The third-order valence-corrected chi connectivity index (χ3v) is 4.48. The molecule has 3 nitrogen and oxygen atoms in total. The summed E-state index contributed by atoms with van der Waals surface area (Å²) in [5.74, 6) is 0.00857. The molecule has 2 rings (SSSR count). The van der Waals surface area contributed by atoms with Crippen LogP contribution >= 0.6 is 0 Å². The molecule has 98 valence electrons. The highest BCUT2D eigenvalue weighted by Crippen LogP contribution is 2.21. The molecule has 0 spiro atoms. The predicted molar refractivity (Wildman–Crippen MR) is 72.7 cm³/mol. The summed E-state index contributed by atoms with van der Waals surface area (Å²) < 4.78 is 24.8. The van der Waals surface area contributed by atoms with Gasteiger partial charge in [0.15, 0.2) is 0 Å². The highest BCUT2D eigenvalue weighted by molar-refractivity contribution is 7.91. The van der Waals surface area contributed by atoms with Crippen LogP contribution in [0.5, 0.6) is 0 Å². The Hall–Kier alpha value is -1.94. The fraction of sp³-hybridized carbons (Fsp3) is 0.133. The Balaban J connectivity index is 2.44. The van der Waals surface area contributed by atoms with E-state index < -0.39 is 9.84 Å². The van der Waals surface area contributed by atoms with Gasteiger partial charge < -0.3 is 0 Å². The van der Waals surface area contributed by atoms with Gasteiger partial charge in [-0.1, -0.05) is 30.3 Å². The smallest absolute Gasteiger partial charge is 0.206 e. The van der Waals surface area contributed by atoms with Gasteiger partial charge in [0.05, 0.1) is 9.79 Å². The van der Waals surface area contributed by atoms with Crippen LogP contribution in [0.2, 0.25) is 0 Å². The average Bonchev–Trinajstić information content (AvgIpc) is 2.39. The van der Waals surface area contributed by atoms with E-state index in [9.17, 15) is 13.2 Å². The van der Waals surface area contributed by atoms with Crippen LogP contribution in [0.15, 0.2) is 64.4 Å². The lowest BCUT2D eigenvalue weighted by molar-refractivity contribution is -0.116. The van der Waals surface area contributed by atoms with Crippen LogP contribution in [0.1, 0.15) is 12.5 Å². The van der Waals surface area contributed by atoms with Gasteiger partial charge in [-0.2, -0.15) is 0 Å². The normalized spacial score (nSPS) is 11.2. The standard InChI is InChI=1S/C15H14O3S/c1-12(16)10-13-6-5-9-15(11-13)19(17,18)14-7-3-2-4-8-14/h2-9,11H,10H2,1H3. The molecule has 0 aromatic heterocycles. The minimum Gasteiger partial charge on any atom is -0.300 e. The van der Waals surface area contributed by atoms with Gasteiger partial charge in [0.1, 0.15) is 5.78 Å². The second-order valence-corrected chi connectivity index (χ2v) is 6.29. The van der Waals surface area contributed by atoms with E-state index in [0.717, 1.165) is 0 Å². The van der Waals surface area contributed by atoms with Crippen molar-refractivity contribution in [2.45, 2.75) is 23.1 Å². The molecule has 0 N–H and O–H groups in total. The Labute approximate surface area is 112 Å². The summed E-state index contributed by atoms with van der Waals surface area (Å²) in [5, 5.41) is 0. The molecular weight excluding hydrogens is 260 g/mol. The second kappa shape index (κ2) is 5.36. The summed E-state index contributed by atoms with van der Waals surface area (Å²) in [4.78, 5) is 11.6. The summed E-state index contributed by atoms with van der Waals surface area (Å²) in [6.07, 6.45) is 0.248. The summed E-state index contributed by atoms with van der Waals surface area (Å²) in [5.41, 5.74) is 0.713. The quantitative estimate of drug-likeness (QED) is 0.861. The zero-order valence-corrected chi connectivity index (χ0v) is 11.4. The predicted octanol–water partition coefficient (Wildman–Crippen LogP) is 2.65. The van der Waals surface area contributed by atoms with Crippen molar-refractivity contribution in [2.75, 3.05) is 0 Å². The lowest BCUT2D eigenvalue weighted by Crippen LogP contribution is -2.03. The van der Waals surface area contributed by atoms with Crippen LogP contribution in [-0.4, -0.2) is 14.2 Å². The molecule has 0 aliphatic carbocycles. The largest absolute Gasteiger partial charge is 0.300 e. The van der Waals surface area contributed by atoms with Crippen LogP contribution < -0.4 is 0 Å². The van der Waals surface area contributed by atoms with E-state index in [2.05, 4.69) is 0 Å². The molecule has 0 heterocycles. The van der Waals surface area contributed by atoms with Crippen LogP contribution in [0.3, 0.4) is 0 Å². The molecule has 0 unspecified atom stereocenters. The van der Waals surface area contributed by atoms with Gasteiger partial charge in [0.25, 0.3) is 0 Å². The van der Waals surface area contributed by atoms with Crippen molar-refractivity contribution in [1.29, 1.82) is 0 Å². The van der Waals surface area contributed by atoms with Crippen LogP contribution in [0.4, 0.5) is 0 Å². The Morgan fingerprint density at radius 1 is 0.947 bits per heavy atom. The monoisotopic (exact) mass is 274 g/mol. The lowest BCUT2D eigenvalue weighted by Gasteiger charge is -2.06. The molecule has 0 aliphatic rings. The van der Waals surface area contributed by atoms with Crippen molar-refractivity contribution in [3.63, 3.8) is 0 Å². The summed E-state index contributed by atoms with van der Waals surface area (Å²) in [7, 11) is -3.51. The number of ketones is 1. The summed E-state index contributed by atoms with van der Waals surface area (Å²) >= 11 is 0. The van der Waals surface area contributed by atoms with Gasteiger partial charge in [-0.25, -0.2) is 8.42 Å². The first kappa shape index (κ1) is 13.5. The minimum absolute atomic E-state index is 0.00857. The molecule has 4 heteroatoms. The number of rotatable bonds is 4. The molecule has 2 aromatic rings. The van der Waals surface area contributed by atoms with E-state index >= 15 is 0 Å². The summed E-state index contributed by atoms with van der Waals surface area (Å²) in [6.45, 7) is 1.48. The Morgan fingerprint density at radius 3 is 2.21 bits per heavy atom. The van der Waals surface area contributed by atoms with Crippen molar-refractivity contribution in [3.8, 4) is 0 Å². The van der Waals surface area contributed by atoms with Crippen molar-refractivity contribution in [3.05, 3.63) is 60.2 Å². The third-order valence-electron chi connectivity index (χ3n) is 2.72. The number of sulfone groups is 1. The van der Waals surface area contributed by atoms with Gasteiger partial charge in [-0.15, -0.1) is 0 Å². The first-order chi connectivity index (χ1) is 9.00. The number of carbonyl (C=O) groups is 1. The maximum Gasteiger partial charge on any atom is 0.206 e. The maximum atomic E-state index is 12.4. The second-order valence-electron chi connectivity index (χ2n) is 4.34. The lowest BCUT2D eigenvalue weighted by atomic mass is 10.1. The first-order valence-electron chi connectivity index (χ1n) is 5.88. The number of benzene rings is 2. The van der Waals surface area contributed by atoms with E-state index in [1.807, 2.05) is 0 Å². The van der Waals surface area contributed by atoms with Crippen molar-refractivity contribution < 1.29 is 13.2 Å². The molecule has 0 saturated heterocycles. The summed E-state index contributed by atoms with van der Waals surface area (Å²) in [6, 6.07) is 14.8.